The molecule has 1 amide bonds. The lowest BCUT2D eigenvalue weighted by Gasteiger charge is -2.35. The standard InChI is InChI=1S/C24H27N5O2S2/c1-3-5-12-28-22(31)17-8-6-7-9-19(17)29-23(28)25-26-24(29)33-15-21(30)27-13-10-20-16(11-14-32-20)18(27)4-2/h6-9,11,14,18H,3-5,10,12-13,15H2,1-2H3. The van der Waals surface area contributed by atoms with E-state index in [2.05, 4.69) is 35.5 Å². The van der Waals surface area contributed by atoms with Gasteiger partial charge in [-0.25, -0.2) is 0 Å². The molecule has 4 aromatic rings. The van der Waals surface area contributed by atoms with Gasteiger partial charge < -0.3 is 4.90 Å². The number of thiophene rings is 1. The van der Waals surface area contributed by atoms with Crippen LogP contribution >= 0.6 is 23.1 Å². The number of benzene rings is 1. The Hall–Kier alpha value is -2.65. The van der Waals surface area contributed by atoms with Crippen LogP contribution in [0.15, 0.2) is 45.7 Å². The van der Waals surface area contributed by atoms with Crippen molar-refractivity contribution in [2.45, 2.75) is 57.3 Å². The fourth-order valence-electron chi connectivity index (χ4n) is 4.69. The lowest BCUT2D eigenvalue weighted by molar-refractivity contribution is -0.131. The largest absolute Gasteiger partial charge is 0.335 e. The molecule has 9 heteroatoms. The number of fused-ring (bicyclic) bond motifs is 4. The topological polar surface area (TPSA) is 72.5 Å². The molecule has 0 fully saturated rings. The zero-order valence-corrected chi connectivity index (χ0v) is 20.5. The van der Waals surface area contributed by atoms with E-state index in [1.54, 1.807) is 15.9 Å². The average Bonchev–Trinajstić information content (AvgIpc) is 3.49. The van der Waals surface area contributed by atoms with Crippen LogP contribution in [0.3, 0.4) is 0 Å². The predicted molar refractivity (Wildman–Crippen MR) is 133 cm³/mol. The maximum Gasteiger partial charge on any atom is 0.262 e. The summed E-state index contributed by atoms with van der Waals surface area (Å²) < 4.78 is 3.63. The summed E-state index contributed by atoms with van der Waals surface area (Å²) in [6.07, 6.45) is 3.69. The summed E-state index contributed by atoms with van der Waals surface area (Å²) in [5.74, 6) is 0.942. The first kappa shape index (κ1) is 22.2. The minimum atomic E-state index is -0.0442. The van der Waals surface area contributed by atoms with Gasteiger partial charge in [0.1, 0.15) is 0 Å². The van der Waals surface area contributed by atoms with Crippen molar-refractivity contribution in [3.8, 4) is 0 Å². The van der Waals surface area contributed by atoms with Gasteiger partial charge in [-0.1, -0.05) is 44.2 Å². The Labute approximate surface area is 200 Å². The van der Waals surface area contributed by atoms with Crippen LogP contribution in [0.4, 0.5) is 0 Å². The molecule has 4 heterocycles. The van der Waals surface area contributed by atoms with Crippen molar-refractivity contribution in [1.29, 1.82) is 0 Å². The van der Waals surface area contributed by atoms with Crippen LogP contribution in [0.5, 0.6) is 0 Å². The van der Waals surface area contributed by atoms with Crippen molar-refractivity contribution in [1.82, 2.24) is 24.1 Å². The molecule has 1 aliphatic rings. The third-order valence-corrected chi connectivity index (χ3v) is 8.25. The van der Waals surface area contributed by atoms with E-state index in [0.29, 0.717) is 28.6 Å². The van der Waals surface area contributed by atoms with Gasteiger partial charge in [-0.2, -0.15) is 0 Å². The van der Waals surface area contributed by atoms with E-state index in [4.69, 9.17) is 0 Å². The zero-order valence-electron chi connectivity index (χ0n) is 18.9. The molecule has 0 saturated carbocycles. The van der Waals surface area contributed by atoms with E-state index in [0.717, 1.165) is 37.7 Å². The third-order valence-electron chi connectivity index (χ3n) is 6.34. The predicted octanol–water partition coefficient (Wildman–Crippen LogP) is 4.53. The Bertz CT molecular complexity index is 1370. The first-order valence-corrected chi connectivity index (χ1v) is 13.4. The Morgan fingerprint density at radius 2 is 2.06 bits per heavy atom. The lowest BCUT2D eigenvalue weighted by Crippen LogP contribution is -2.40. The highest BCUT2D eigenvalue weighted by atomic mass is 32.2. The zero-order chi connectivity index (χ0) is 22.9. The molecular weight excluding hydrogens is 454 g/mol. The smallest absolute Gasteiger partial charge is 0.262 e. The van der Waals surface area contributed by atoms with Crippen LogP contribution in [0.25, 0.3) is 16.7 Å². The summed E-state index contributed by atoms with van der Waals surface area (Å²) in [6, 6.07) is 9.85. The van der Waals surface area contributed by atoms with Crippen LogP contribution in [0, 0.1) is 0 Å². The molecule has 3 aromatic heterocycles. The molecule has 1 aliphatic heterocycles. The van der Waals surface area contributed by atoms with Gasteiger partial charge in [0.05, 0.1) is 22.7 Å². The molecule has 33 heavy (non-hydrogen) atoms. The van der Waals surface area contributed by atoms with Gasteiger partial charge in [-0.05, 0) is 48.4 Å². The van der Waals surface area contributed by atoms with Crippen molar-refractivity contribution in [2.24, 2.45) is 0 Å². The van der Waals surface area contributed by atoms with Gasteiger partial charge in [0, 0.05) is 18.0 Å². The fraction of sp³-hybridized carbons (Fsp3) is 0.417. The molecule has 0 bridgehead atoms. The maximum absolute atomic E-state index is 13.3. The van der Waals surface area contributed by atoms with Gasteiger partial charge in [0.15, 0.2) is 5.16 Å². The SMILES string of the molecule is CCCCn1c(=O)c2ccccc2n2c(SCC(=O)N3CCc4sccc4C3CC)nnc12. The van der Waals surface area contributed by atoms with E-state index in [1.165, 1.54) is 22.2 Å². The normalized spacial score (nSPS) is 15.9. The Kier molecular flexibility index (Phi) is 6.25. The number of thioether (sulfide) groups is 1. The van der Waals surface area contributed by atoms with E-state index in [-0.39, 0.29) is 17.5 Å². The number of amides is 1. The Morgan fingerprint density at radius 1 is 1.21 bits per heavy atom. The minimum Gasteiger partial charge on any atom is -0.335 e. The monoisotopic (exact) mass is 481 g/mol. The number of carbonyl (C=O) groups is 1. The number of unbranched alkanes of at least 4 members (excludes halogenated alkanes) is 1. The summed E-state index contributed by atoms with van der Waals surface area (Å²) in [6.45, 7) is 5.59. The molecule has 1 unspecified atom stereocenters. The minimum absolute atomic E-state index is 0.0442. The van der Waals surface area contributed by atoms with Crippen molar-refractivity contribution < 1.29 is 4.79 Å². The highest BCUT2D eigenvalue weighted by molar-refractivity contribution is 7.99. The second-order valence-electron chi connectivity index (χ2n) is 8.29. The van der Waals surface area contributed by atoms with Crippen molar-refractivity contribution in [3.63, 3.8) is 0 Å². The van der Waals surface area contributed by atoms with E-state index in [1.807, 2.05) is 33.6 Å². The van der Waals surface area contributed by atoms with Gasteiger partial charge in [0.25, 0.3) is 5.56 Å². The molecule has 1 atom stereocenters. The van der Waals surface area contributed by atoms with Gasteiger partial charge >= 0.3 is 0 Å². The summed E-state index contributed by atoms with van der Waals surface area (Å²) in [5, 5.41) is 12.2. The second kappa shape index (κ2) is 9.30. The van der Waals surface area contributed by atoms with Gasteiger partial charge in [-0.15, -0.1) is 21.5 Å². The first-order chi connectivity index (χ1) is 16.1. The average molecular weight is 482 g/mol. The molecule has 0 radical (unpaired) electrons. The second-order valence-corrected chi connectivity index (χ2v) is 10.2. The molecular formula is C24H27N5O2S2. The first-order valence-electron chi connectivity index (χ1n) is 11.5. The van der Waals surface area contributed by atoms with Crippen LogP contribution in [-0.4, -0.2) is 42.3 Å². The summed E-state index contributed by atoms with van der Waals surface area (Å²) in [5.41, 5.74) is 2.03. The maximum atomic E-state index is 13.3. The Morgan fingerprint density at radius 3 is 2.88 bits per heavy atom. The number of hydrogen-bond donors (Lipinski definition) is 0. The number of aromatic nitrogens is 4. The van der Waals surface area contributed by atoms with Crippen molar-refractivity contribution >= 4 is 45.7 Å². The summed E-state index contributed by atoms with van der Waals surface area (Å²) in [4.78, 5) is 29.8. The van der Waals surface area contributed by atoms with E-state index < -0.39 is 0 Å². The summed E-state index contributed by atoms with van der Waals surface area (Å²) >= 11 is 3.18. The number of aryl methyl sites for hydroxylation is 1. The molecule has 0 saturated heterocycles. The van der Waals surface area contributed by atoms with Crippen LogP contribution in [0.2, 0.25) is 0 Å². The highest BCUT2D eigenvalue weighted by Crippen LogP contribution is 2.35. The van der Waals surface area contributed by atoms with E-state index in [9.17, 15) is 9.59 Å². The number of para-hydroxylation sites is 1. The number of carbonyl (C=O) groups excluding carboxylic acids is 1. The van der Waals surface area contributed by atoms with Crippen LogP contribution < -0.4 is 5.56 Å². The van der Waals surface area contributed by atoms with E-state index >= 15 is 0 Å². The molecule has 5 rings (SSSR count). The molecule has 0 spiro atoms. The van der Waals surface area contributed by atoms with Gasteiger partial charge in [0.2, 0.25) is 11.7 Å². The molecule has 172 valence electrons. The lowest BCUT2D eigenvalue weighted by atomic mass is 9.98. The molecule has 7 nitrogen and oxygen atoms in total. The summed E-state index contributed by atoms with van der Waals surface area (Å²) in [7, 11) is 0. The van der Waals surface area contributed by atoms with Crippen LogP contribution in [-0.2, 0) is 17.8 Å². The molecule has 0 N–H and O–H groups in total. The molecule has 0 aliphatic carbocycles. The highest BCUT2D eigenvalue weighted by Gasteiger charge is 2.30. The third kappa shape index (κ3) is 3.87. The van der Waals surface area contributed by atoms with Crippen LogP contribution in [0.1, 0.15) is 49.6 Å². The number of nitrogens with zero attached hydrogens (tertiary/aromatic N) is 5. The van der Waals surface area contributed by atoms with Gasteiger partial charge in [-0.3, -0.25) is 18.6 Å². The quantitative estimate of drug-likeness (QED) is 0.363. The van der Waals surface area contributed by atoms with Crippen molar-refractivity contribution in [3.05, 3.63) is 56.5 Å². The van der Waals surface area contributed by atoms with Crippen molar-refractivity contribution in [2.75, 3.05) is 12.3 Å². The molecule has 1 aromatic carbocycles. The fourth-order valence-corrected chi connectivity index (χ4v) is 6.44. The number of rotatable bonds is 7. The number of hydrogen-bond acceptors (Lipinski definition) is 6. The Balaban J connectivity index is 1.46.